The third kappa shape index (κ3) is 4.03. The van der Waals surface area contributed by atoms with Crippen LogP contribution < -0.4 is 15.8 Å². The average Bonchev–Trinajstić information content (AvgIpc) is 2.38. The van der Waals surface area contributed by atoms with Crippen LogP contribution in [-0.2, 0) is 10.8 Å². The molecule has 1 aromatic carbocycles. The number of amides is 1. The minimum Gasteiger partial charge on any atom is -0.495 e. The zero-order chi connectivity index (χ0) is 13.5. The maximum absolute atomic E-state index is 11.8. The molecular weight excluding hydrogens is 252 g/mol. The molecule has 0 spiro atoms. The summed E-state index contributed by atoms with van der Waals surface area (Å²) in [5.74, 6) is 1.32. The quantitative estimate of drug-likeness (QED) is 0.748. The molecule has 1 rings (SSSR count). The number of ether oxygens (including phenoxy) is 1. The van der Waals surface area contributed by atoms with Crippen LogP contribution in [0.15, 0.2) is 18.2 Å². The van der Waals surface area contributed by atoms with E-state index in [-0.39, 0.29) is 5.91 Å². The summed E-state index contributed by atoms with van der Waals surface area (Å²) in [4.78, 5) is 11.8. The molecule has 0 bridgehead atoms. The molecule has 0 aliphatic carbocycles. The van der Waals surface area contributed by atoms with Gasteiger partial charge in [0.2, 0.25) is 0 Å². The van der Waals surface area contributed by atoms with Crippen LogP contribution in [0.25, 0.3) is 0 Å². The van der Waals surface area contributed by atoms with E-state index in [4.69, 9.17) is 10.5 Å². The number of methoxy groups -OCH3 is 1. The Bertz CT molecular complexity index is 449. The summed E-state index contributed by atoms with van der Waals surface area (Å²) in [6.07, 6.45) is 0. The zero-order valence-electron chi connectivity index (χ0n) is 10.6. The van der Waals surface area contributed by atoms with Crippen molar-refractivity contribution in [3.63, 3.8) is 0 Å². The highest BCUT2D eigenvalue weighted by Crippen LogP contribution is 2.21. The second-order valence-electron chi connectivity index (χ2n) is 3.65. The molecule has 0 fully saturated rings. The van der Waals surface area contributed by atoms with Crippen LogP contribution in [0.2, 0.25) is 0 Å². The first-order valence-corrected chi connectivity index (χ1v) is 7.14. The lowest BCUT2D eigenvalue weighted by molar-refractivity contribution is 0.0956. The van der Waals surface area contributed by atoms with Crippen molar-refractivity contribution in [1.29, 1.82) is 0 Å². The monoisotopic (exact) mass is 270 g/mol. The molecule has 100 valence electrons. The van der Waals surface area contributed by atoms with Crippen molar-refractivity contribution in [3.05, 3.63) is 23.8 Å². The smallest absolute Gasteiger partial charge is 0.251 e. The highest BCUT2D eigenvalue weighted by molar-refractivity contribution is 7.84. The number of anilines is 1. The number of rotatable bonds is 6. The number of hydrogen-bond acceptors (Lipinski definition) is 4. The van der Waals surface area contributed by atoms with Gasteiger partial charge in [0, 0.05) is 34.4 Å². The second-order valence-corrected chi connectivity index (χ2v) is 5.51. The van der Waals surface area contributed by atoms with Crippen molar-refractivity contribution >= 4 is 22.4 Å². The van der Waals surface area contributed by atoms with Gasteiger partial charge in [0.05, 0.1) is 12.8 Å². The maximum atomic E-state index is 11.8. The van der Waals surface area contributed by atoms with E-state index in [1.54, 1.807) is 18.2 Å². The SMILES string of the molecule is CCS(=O)CCNC(=O)c1ccc(N)c(OC)c1. The van der Waals surface area contributed by atoms with E-state index in [9.17, 15) is 9.00 Å². The maximum Gasteiger partial charge on any atom is 0.251 e. The van der Waals surface area contributed by atoms with Gasteiger partial charge >= 0.3 is 0 Å². The molecule has 0 aliphatic heterocycles. The van der Waals surface area contributed by atoms with Gasteiger partial charge in [-0.05, 0) is 18.2 Å². The number of hydrogen-bond donors (Lipinski definition) is 2. The second kappa shape index (κ2) is 7.00. The van der Waals surface area contributed by atoms with E-state index in [0.717, 1.165) is 0 Å². The minimum absolute atomic E-state index is 0.221. The van der Waals surface area contributed by atoms with Crippen molar-refractivity contribution in [2.45, 2.75) is 6.92 Å². The first-order chi connectivity index (χ1) is 8.58. The first-order valence-electron chi connectivity index (χ1n) is 5.65. The topological polar surface area (TPSA) is 81.4 Å². The average molecular weight is 270 g/mol. The minimum atomic E-state index is -0.869. The fraction of sp³-hybridized carbons (Fsp3) is 0.417. The van der Waals surface area contributed by atoms with Crippen molar-refractivity contribution in [2.24, 2.45) is 0 Å². The summed E-state index contributed by atoms with van der Waals surface area (Å²) in [6.45, 7) is 2.24. The normalized spacial score (nSPS) is 11.9. The molecule has 1 atom stereocenters. The molecule has 0 saturated carbocycles. The van der Waals surface area contributed by atoms with Gasteiger partial charge in [-0.2, -0.15) is 0 Å². The van der Waals surface area contributed by atoms with Crippen LogP contribution in [0, 0.1) is 0 Å². The highest BCUT2D eigenvalue weighted by atomic mass is 32.2. The summed E-state index contributed by atoms with van der Waals surface area (Å²) >= 11 is 0. The summed E-state index contributed by atoms with van der Waals surface area (Å²) in [5.41, 5.74) is 6.62. The number of benzene rings is 1. The van der Waals surface area contributed by atoms with E-state index in [1.807, 2.05) is 6.92 Å². The molecule has 0 aromatic heterocycles. The Balaban J connectivity index is 2.59. The summed E-state index contributed by atoms with van der Waals surface area (Å²) in [7, 11) is 0.629. The number of carbonyl (C=O) groups is 1. The number of nitrogens with one attached hydrogen (secondary N) is 1. The van der Waals surface area contributed by atoms with E-state index in [2.05, 4.69) is 5.32 Å². The fourth-order valence-corrected chi connectivity index (χ4v) is 2.00. The van der Waals surface area contributed by atoms with Crippen molar-refractivity contribution < 1.29 is 13.7 Å². The molecule has 1 unspecified atom stereocenters. The number of nitrogen functional groups attached to an aromatic ring is 1. The molecule has 5 nitrogen and oxygen atoms in total. The van der Waals surface area contributed by atoms with E-state index < -0.39 is 10.8 Å². The summed E-state index contributed by atoms with van der Waals surface area (Å²) < 4.78 is 16.2. The van der Waals surface area contributed by atoms with E-state index >= 15 is 0 Å². The molecule has 18 heavy (non-hydrogen) atoms. The summed E-state index contributed by atoms with van der Waals surface area (Å²) in [6, 6.07) is 4.84. The Hall–Kier alpha value is -1.56. The molecule has 0 aliphatic rings. The molecular formula is C12H18N2O3S. The fourth-order valence-electron chi connectivity index (χ4n) is 1.38. The lowest BCUT2D eigenvalue weighted by atomic mass is 10.2. The molecule has 0 radical (unpaired) electrons. The van der Waals surface area contributed by atoms with Crippen LogP contribution in [0.5, 0.6) is 5.75 Å². The first kappa shape index (κ1) is 14.5. The molecule has 1 aromatic rings. The molecule has 0 saturated heterocycles. The molecule has 6 heteroatoms. The molecule has 0 heterocycles. The Morgan fingerprint density at radius 1 is 1.50 bits per heavy atom. The van der Waals surface area contributed by atoms with Gasteiger partial charge in [-0.25, -0.2) is 0 Å². The van der Waals surface area contributed by atoms with Crippen LogP contribution in [0.3, 0.4) is 0 Å². The van der Waals surface area contributed by atoms with Gasteiger partial charge in [-0.3, -0.25) is 9.00 Å². The molecule has 3 N–H and O–H groups in total. The number of carbonyl (C=O) groups excluding carboxylic acids is 1. The van der Waals surface area contributed by atoms with Crippen molar-refractivity contribution in [2.75, 3.05) is 30.9 Å². The Morgan fingerprint density at radius 2 is 2.22 bits per heavy atom. The summed E-state index contributed by atoms with van der Waals surface area (Å²) in [5, 5.41) is 2.71. The van der Waals surface area contributed by atoms with Gasteiger partial charge in [0.25, 0.3) is 5.91 Å². The zero-order valence-corrected chi connectivity index (χ0v) is 11.4. The van der Waals surface area contributed by atoms with Crippen LogP contribution >= 0.6 is 0 Å². The Labute approximate surface area is 109 Å². The van der Waals surface area contributed by atoms with E-state index in [1.165, 1.54) is 7.11 Å². The Morgan fingerprint density at radius 3 is 2.83 bits per heavy atom. The van der Waals surface area contributed by atoms with E-state index in [0.29, 0.717) is 35.1 Å². The number of nitrogens with two attached hydrogens (primary N) is 1. The Kier molecular flexibility index (Phi) is 5.64. The third-order valence-corrected chi connectivity index (χ3v) is 3.74. The largest absolute Gasteiger partial charge is 0.495 e. The van der Waals surface area contributed by atoms with Crippen molar-refractivity contribution in [3.8, 4) is 5.75 Å². The van der Waals surface area contributed by atoms with Crippen molar-refractivity contribution in [1.82, 2.24) is 5.32 Å². The van der Waals surface area contributed by atoms with Gasteiger partial charge in [-0.15, -0.1) is 0 Å². The standard InChI is InChI=1S/C12H18N2O3S/c1-3-18(16)7-6-14-12(15)9-4-5-10(13)11(8-9)17-2/h4-5,8H,3,6-7,13H2,1-2H3,(H,14,15). The highest BCUT2D eigenvalue weighted by Gasteiger charge is 2.08. The predicted octanol–water partition coefficient (Wildman–Crippen LogP) is 0.776. The van der Waals surface area contributed by atoms with Gasteiger partial charge in [-0.1, -0.05) is 6.92 Å². The van der Waals surface area contributed by atoms with Crippen LogP contribution in [-0.4, -0.2) is 35.3 Å². The van der Waals surface area contributed by atoms with Crippen LogP contribution in [0.1, 0.15) is 17.3 Å². The predicted molar refractivity (Wildman–Crippen MR) is 73.3 cm³/mol. The lowest BCUT2D eigenvalue weighted by Gasteiger charge is -2.08. The van der Waals surface area contributed by atoms with Crippen LogP contribution in [0.4, 0.5) is 5.69 Å². The van der Waals surface area contributed by atoms with Gasteiger partial charge < -0.3 is 15.8 Å². The third-order valence-electron chi connectivity index (χ3n) is 2.43. The van der Waals surface area contributed by atoms with Gasteiger partial charge in [0.15, 0.2) is 0 Å². The lowest BCUT2D eigenvalue weighted by Crippen LogP contribution is -2.28. The van der Waals surface area contributed by atoms with Gasteiger partial charge in [0.1, 0.15) is 5.75 Å². The molecule has 1 amide bonds.